The molecule has 6 heteroatoms. The molecule has 0 aliphatic carbocycles. The summed E-state index contributed by atoms with van der Waals surface area (Å²) in [7, 11) is 0. The predicted octanol–water partition coefficient (Wildman–Crippen LogP) is 4.24. The third kappa shape index (κ3) is 3.62. The van der Waals surface area contributed by atoms with E-state index in [1.54, 1.807) is 17.9 Å². The summed E-state index contributed by atoms with van der Waals surface area (Å²) in [5, 5.41) is 0. The molecule has 1 aliphatic rings. The first-order valence-corrected chi connectivity index (χ1v) is 10.1. The highest BCUT2D eigenvalue weighted by Crippen LogP contribution is 2.33. The number of thiazole rings is 1. The van der Waals surface area contributed by atoms with Crippen molar-refractivity contribution in [3.05, 3.63) is 64.0 Å². The van der Waals surface area contributed by atoms with Crippen LogP contribution in [-0.2, 0) is 0 Å². The summed E-state index contributed by atoms with van der Waals surface area (Å²) in [6, 6.07) is 8.34. The van der Waals surface area contributed by atoms with E-state index in [4.69, 9.17) is 0 Å². The predicted molar refractivity (Wildman–Crippen MR) is 107 cm³/mol. The maximum Gasteiger partial charge on any atom is 0.265 e. The molecule has 5 nitrogen and oxygen atoms in total. The van der Waals surface area contributed by atoms with Crippen molar-refractivity contribution in [2.24, 2.45) is 0 Å². The summed E-state index contributed by atoms with van der Waals surface area (Å²) in [5.41, 5.74) is 6.75. The summed E-state index contributed by atoms with van der Waals surface area (Å²) < 4.78 is 0. The third-order valence-electron chi connectivity index (χ3n) is 5.05. The minimum absolute atomic E-state index is 0.0840. The smallest absolute Gasteiger partial charge is 0.265 e. The summed E-state index contributed by atoms with van der Waals surface area (Å²) >= 11 is 1.42. The molecule has 0 radical (unpaired) electrons. The van der Waals surface area contributed by atoms with Crippen molar-refractivity contribution in [3.8, 4) is 11.3 Å². The second-order valence-electron chi connectivity index (χ2n) is 7.02. The number of hydrogen-bond acceptors (Lipinski definition) is 5. The first kappa shape index (κ1) is 17.8. The van der Waals surface area contributed by atoms with E-state index in [0.717, 1.165) is 46.9 Å². The van der Waals surface area contributed by atoms with Crippen LogP contribution >= 0.6 is 11.3 Å². The molecule has 1 saturated heterocycles. The van der Waals surface area contributed by atoms with Crippen LogP contribution in [0, 0.1) is 13.8 Å². The van der Waals surface area contributed by atoms with Gasteiger partial charge < -0.3 is 4.90 Å². The van der Waals surface area contributed by atoms with Crippen LogP contribution < -0.4 is 0 Å². The van der Waals surface area contributed by atoms with E-state index in [1.165, 1.54) is 16.9 Å². The largest absolute Gasteiger partial charge is 0.337 e. The van der Waals surface area contributed by atoms with Gasteiger partial charge in [0.05, 0.1) is 22.6 Å². The lowest BCUT2D eigenvalue weighted by Gasteiger charge is -2.33. The number of likely N-dealkylation sites (tertiary alicyclic amines) is 1. The Balaban J connectivity index is 1.63. The van der Waals surface area contributed by atoms with Crippen LogP contribution in [0.3, 0.4) is 0 Å². The minimum atomic E-state index is 0.0840. The zero-order chi connectivity index (χ0) is 18.8. The maximum absolute atomic E-state index is 12.9. The highest BCUT2D eigenvalue weighted by molar-refractivity contribution is 7.11. The number of carbonyl (C=O) groups is 1. The number of rotatable bonds is 3. The molecule has 0 spiro atoms. The van der Waals surface area contributed by atoms with Gasteiger partial charge in [-0.1, -0.05) is 23.8 Å². The number of carbonyl (C=O) groups excluding carboxylic acids is 1. The Morgan fingerprint density at radius 2 is 2.04 bits per heavy atom. The van der Waals surface area contributed by atoms with Gasteiger partial charge in [-0.15, -0.1) is 11.3 Å². The first-order valence-electron chi connectivity index (χ1n) is 9.21. The first-order chi connectivity index (χ1) is 13.1. The van der Waals surface area contributed by atoms with Crippen molar-refractivity contribution in [1.29, 1.82) is 0 Å². The Morgan fingerprint density at radius 3 is 2.81 bits per heavy atom. The topological polar surface area (TPSA) is 59.0 Å². The molecule has 3 aromatic rings. The second kappa shape index (κ2) is 7.56. The molecule has 1 atom stereocenters. The van der Waals surface area contributed by atoms with E-state index in [2.05, 4.69) is 40.1 Å². The van der Waals surface area contributed by atoms with Crippen molar-refractivity contribution in [3.63, 3.8) is 0 Å². The molecule has 0 bridgehead atoms. The van der Waals surface area contributed by atoms with Crippen LogP contribution in [0.5, 0.6) is 0 Å². The van der Waals surface area contributed by atoms with E-state index in [-0.39, 0.29) is 11.8 Å². The molecular weight excluding hydrogens is 356 g/mol. The Hall–Kier alpha value is -2.60. The van der Waals surface area contributed by atoms with Crippen molar-refractivity contribution in [2.75, 3.05) is 13.1 Å². The lowest BCUT2D eigenvalue weighted by molar-refractivity contribution is 0.0710. The van der Waals surface area contributed by atoms with Gasteiger partial charge in [0, 0.05) is 37.0 Å². The molecule has 1 aliphatic heterocycles. The maximum atomic E-state index is 12.9. The Bertz CT molecular complexity index is 968. The monoisotopic (exact) mass is 378 g/mol. The Morgan fingerprint density at radius 1 is 1.19 bits per heavy atom. The van der Waals surface area contributed by atoms with Crippen molar-refractivity contribution in [2.45, 2.75) is 32.6 Å². The standard InChI is InChI=1S/C21H22N4OS/c1-14-5-3-6-16(11-14)18-19(23-9-8-22-18)17-7-4-10-25(12-17)21(26)20-15(2)24-13-27-20/h3,5-6,8-9,11,13,17H,4,7,10,12H2,1-2H3/t17-/m1/s1. The Kier molecular flexibility index (Phi) is 4.99. The number of aromatic nitrogens is 3. The fraction of sp³-hybridized carbons (Fsp3) is 0.333. The number of amides is 1. The van der Waals surface area contributed by atoms with Crippen molar-refractivity contribution in [1.82, 2.24) is 19.9 Å². The van der Waals surface area contributed by atoms with Crippen LogP contribution in [0.25, 0.3) is 11.3 Å². The highest BCUT2D eigenvalue weighted by atomic mass is 32.1. The van der Waals surface area contributed by atoms with Gasteiger partial charge in [-0.2, -0.15) is 0 Å². The molecule has 4 rings (SSSR count). The molecular formula is C21H22N4OS. The quantitative estimate of drug-likeness (QED) is 0.684. The van der Waals surface area contributed by atoms with E-state index in [1.807, 2.05) is 17.9 Å². The SMILES string of the molecule is Cc1cccc(-c2nccnc2[C@@H]2CCCN(C(=O)c3scnc3C)C2)c1. The fourth-order valence-electron chi connectivity index (χ4n) is 3.70. The number of piperidine rings is 1. The average Bonchev–Trinajstić information content (AvgIpc) is 3.13. The van der Waals surface area contributed by atoms with Gasteiger partial charge in [-0.3, -0.25) is 14.8 Å². The minimum Gasteiger partial charge on any atom is -0.337 e. The van der Waals surface area contributed by atoms with Crippen LogP contribution in [0.15, 0.2) is 42.2 Å². The second-order valence-corrected chi connectivity index (χ2v) is 7.87. The van der Waals surface area contributed by atoms with Crippen LogP contribution in [0.2, 0.25) is 0 Å². The van der Waals surface area contributed by atoms with E-state index >= 15 is 0 Å². The van der Waals surface area contributed by atoms with Gasteiger partial charge in [-0.25, -0.2) is 4.98 Å². The molecule has 0 unspecified atom stereocenters. The normalized spacial score (nSPS) is 17.1. The summed E-state index contributed by atoms with van der Waals surface area (Å²) in [6.45, 7) is 5.43. The van der Waals surface area contributed by atoms with Gasteiger partial charge in [-0.05, 0) is 32.8 Å². The van der Waals surface area contributed by atoms with E-state index in [0.29, 0.717) is 6.54 Å². The molecule has 1 amide bonds. The van der Waals surface area contributed by atoms with E-state index in [9.17, 15) is 4.79 Å². The molecule has 1 aromatic carbocycles. The van der Waals surface area contributed by atoms with Crippen LogP contribution in [0.4, 0.5) is 0 Å². The van der Waals surface area contributed by atoms with Gasteiger partial charge in [0.15, 0.2) is 0 Å². The highest BCUT2D eigenvalue weighted by Gasteiger charge is 2.29. The number of hydrogen-bond donors (Lipinski definition) is 0. The molecule has 138 valence electrons. The molecule has 27 heavy (non-hydrogen) atoms. The number of aryl methyl sites for hydroxylation is 2. The van der Waals surface area contributed by atoms with Gasteiger partial charge in [0.1, 0.15) is 4.88 Å². The van der Waals surface area contributed by atoms with E-state index < -0.39 is 0 Å². The molecule has 3 heterocycles. The zero-order valence-electron chi connectivity index (χ0n) is 15.6. The van der Waals surface area contributed by atoms with Crippen molar-refractivity contribution < 1.29 is 4.79 Å². The fourth-order valence-corrected chi connectivity index (χ4v) is 4.47. The zero-order valence-corrected chi connectivity index (χ0v) is 16.4. The number of nitrogens with zero attached hydrogens (tertiary/aromatic N) is 4. The van der Waals surface area contributed by atoms with Crippen LogP contribution in [0.1, 0.15) is 45.4 Å². The summed E-state index contributed by atoms with van der Waals surface area (Å²) in [4.78, 5) is 29.1. The molecule has 1 fully saturated rings. The Labute approximate surface area is 163 Å². The van der Waals surface area contributed by atoms with Crippen LogP contribution in [-0.4, -0.2) is 38.8 Å². The van der Waals surface area contributed by atoms with Gasteiger partial charge >= 0.3 is 0 Å². The third-order valence-corrected chi connectivity index (χ3v) is 5.97. The molecule has 0 saturated carbocycles. The lowest BCUT2D eigenvalue weighted by Crippen LogP contribution is -2.39. The molecule has 2 aromatic heterocycles. The molecule has 0 N–H and O–H groups in total. The van der Waals surface area contributed by atoms with Crippen molar-refractivity contribution >= 4 is 17.2 Å². The average molecular weight is 379 g/mol. The van der Waals surface area contributed by atoms with Gasteiger partial charge in [0.25, 0.3) is 5.91 Å². The summed E-state index contributed by atoms with van der Waals surface area (Å²) in [6.07, 6.45) is 5.48. The summed E-state index contributed by atoms with van der Waals surface area (Å²) in [5.74, 6) is 0.279. The lowest BCUT2D eigenvalue weighted by atomic mass is 9.91. The van der Waals surface area contributed by atoms with Gasteiger partial charge in [0.2, 0.25) is 0 Å². The number of benzene rings is 1.